The SMILES string of the molecule is O=C(NC1CCC(O)CC1)[C@@H]1NC2(CCCCC2)[C@@]2(C(=O)Nc3cc(Cl)ccc32)[C@H]1c1cncc(Cl)c1. The summed E-state index contributed by atoms with van der Waals surface area (Å²) in [5.74, 6) is -0.753. The summed E-state index contributed by atoms with van der Waals surface area (Å²) in [5, 5.41) is 21.1. The molecule has 6 rings (SSSR count). The quantitative estimate of drug-likeness (QED) is 0.458. The molecule has 0 unspecified atom stereocenters. The van der Waals surface area contributed by atoms with Crippen molar-refractivity contribution in [1.29, 1.82) is 0 Å². The van der Waals surface area contributed by atoms with Crippen LogP contribution in [0.4, 0.5) is 5.69 Å². The molecule has 2 spiro atoms. The van der Waals surface area contributed by atoms with Crippen LogP contribution in [-0.2, 0) is 15.0 Å². The maximum Gasteiger partial charge on any atom is 0.238 e. The lowest BCUT2D eigenvalue weighted by atomic mass is 9.55. The number of aliphatic hydroxyl groups excluding tert-OH is 1. The summed E-state index contributed by atoms with van der Waals surface area (Å²) in [4.78, 5) is 32.7. The molecule has 37 heavy (non-hydrogen) atoms. The number of aliphatic hydroxyl groups is 1. The first-order valence-corrected chi connectivity index (χ1v) is 14.1. The van der Waals surface area contributed by atoms with Crippen molar-refractivity contribution in [1.82, 2.24) is 15.6 Å². The molecule has 196 valence electrons. The minimum atomic E-state index is -1.02. The molecule has 2 aliphatic heterocycles. The van der Waals surface area contributed by atoms with Gasteiger partial charge >= 0.3 is 0 Å². The first-order valence-electron chi connectivity index (χ1n) is 13.3. The molecule has 0 bridgehead atoms. The van der Waals surface area contributed by atoms with Gasteiger partial charge in [-0.05, 0) is 67.9 Å². The lowest BCUT2D eigenvalue weighted by Gasteiger charge is -2.47. The van der Waals surface area contributed by atoms with E-state index in [1.54, 1.807) is 18.5 Å². The second-order valence-corrected chi connectivity index (χ2v) is 12.0. The molecule has 0 radical (unpaired) electrons. The summed E-state index contributed by atoms with van der Waals surface area (Å²) in [5.41, 5.74) is 0.708. The first-order chi connectivity index (χ1) is 17.8. The van der Waals surface area contributed by atoms with Gasteiger partial charge in [0.05, 0.1) is 17.2 Å². The highest BCUT2D eigenvalue weighted by atomic mass is 35.5. The van der Waals surface area contributed by atoms with E-state index in [0.717, 1.165) is 56.1 Å². The highest BCUT2D eigenvalue weighted by molar-refractivity contribution is 6.31. The molecule has 3 atom stereocenters. The topological polar surface area (TPSA) is 103 Å². The number of aromatic nitrogens is 1. The van der Waals surface area contributed by atoms with Crippen molar-refractivity contribution in [2.75, 3.05) is 5.32 Å². The summed E-state index contributed by atoms with van der Waals surface area (Å²) in [6, 6.07) is 6.75. The van der Waals surface area contributed by atoms with Crippen LogP contribution >= 0.6 is 23.2 Å². The summed E-state index contributed by atoms with van der Waals surface area (Å²) in [6.45, 7) is 0. The van der Waals surface area contributed by atoms with Crippen molar-refractivity contribution >= 4 is 40.7 Å². The van der Waals surface area contributed by atoms with E-state index < -0.39 is 22.9 Å². The maximum atomic E-state index is 14.3. The molecule has 1 aromatic carbocycles. The Labute approximate surface area is 226 Å². The highest BCUT2D eigenvalue weighted by Crippen LogP contribution is 2.62. The lowest BCUT2D eigenvalue weighted by molar-refractivity contribution is -0.124. The zero-order valence-corrected chi connectivity index (χ0v) is 22.1. The Morgan fingerprint density at radius 2 is 1.78 bits per heavy atom. The van der Waals surface area contributed by atoms with Crippen molar-refractivity contribution < 1.29 is 14.7 Å². The van der Waals surface area contributed by atoms with Gasteiger partial charge in [0, 0.05) is 40.6 Å². The number of pyridine rings is 1. The molecular weight excluding hydrogens is 511 g/mol. The number of amides is 2. The van der Waals surface area contributed by atoms with E-state index in [0.29, 0.717) is 28.6 Å². The number of rotatable bonds is 3. The predicted octanol–water partition coefficient (Wildman–Crippen LogP) is 4.46. The minimum absolute atomic E-state index is 0.00168. The molecule has 3 fully saturated rings. The van der Waals surface area contributed by atoms with Crippen molar-refractivity contribution in [3.8, 4) is 0 Å². The summed E-state index contributed by atoms with van der Waals surface area (Å²) in [6.07, 6.45) is 10.4. The van der Waals surface area contributed by atoms with Gasteiger partial charge in [-0.3, -0.25) is 19.9 Å². The maximum absolute atomic E-state index is 14.3. The van der Waals surface area contributed by atoms with Crippen LogP contribution in [0.15, 0.2) is 36.7 Å². The number of hydrogen-bond acceptors (Lipinski definition) is 5. The van der Waals surface area contributed by atoms with Crippen molar-refractivity contribution in [2.45, 2.75) is 92.8 Å². The van der Waals surface area contributed by atoms with E-state index in [2.05, 4.69) is 20.9 Å². The van der Waals surface area contributed by atoms with Crippen molar-refractivity contribution in [3.63, 3.8) is 0 Å². The molecule has 4 N–H and O–H groups in total. The monoisotopic (exact) mass is 542 g/mol. The third-order valence-corrected chi connectivity index (χ3v) is 9.56. The number of anilines is 1. The second-order valence-electron chi connectivity index (χ2n) is 11.1. The number of benzene rings is 1. The van der Waals surface area contributed by atoms with Gasteiger partial charge < -0.3 is 15.7 Å². The fourth-order valence-electron chi connectivity index (χ4n) is 7.60. The van der Waals surface area contributed by atoms with E-state index in [1.807, 2.05) is 18.2 Å². The molecule has 3 heterocycles. The third-order valence-electron chi connectivity index (χ3n) is 9.12. The molecule has 2 saturated carbocycles. The van der Waals surface area contributed by atoms with E-state index >= 15 is 0 Å². The predicted molar refractivity (Wildman–Crippen MR) is 143 cm³/mol. The van der Waals surface area contributed by atoms with E-state index in [-0.39, 0.29) is 24.0 Å². The van der Waals surface area contributed by atoms with Crippen LogP contribution in [0.3, 0.4) is 0 Å². The fourth-order valence-corrected chi connectivity index (χ4v) is 7.95. The molecule has 1 saturated heterocycles. The average Bonchev–Trinajstić information content (AvgIpc) is 3.33. The Bertz CT molecular complexity index is 1230. The van der Waals surface area contributed by atoms with Crippen LogP contribution in [0.2, 0.25) is 10.0 Å². The number of hydrogen-bond donors (Lipinski definition) is 4. The fraction of sp³-hybridized carbons (Fsp3) is 0.536. The minimum Gasteiger partial charge on any atom is -0.393 e. The summed E-state index contributed by atoms with van der Waals surface area (Å²) >= 11 is 12.8. The van der Waals surface area contributed by atoms with Gasteiger partial charge in [0.1, 0.15) is 5.41 Å². The Balaban J connectivity index is 1.51. The van der Waals surface area contributed by atoms with E-state index in [9.17, 15) is 14.7 Å². The molecular formula is C28H32Cl2N4O3. The zero-order chi connectivity index (χ0) is 25.8. The Kier molecular flexibility index (Phi) is 6.46. The van der Waals surface area contributed by atoms with Crippen LogP contribution in [0.25, 0.3) is 0 Å². The van der Waals surface area contributed by atoms with Gasteiger partial charge in [-0.2, -0.15) is 0 Å². The van der Waals surface area contributed by atoms with Crippen molar-refractivity contribution in [3.05, 3.63) is 57.8 Å². The molecule has 2 aromatic rings. The van der Waals surface area contributed by atoms with Gasteiger partial charge in [0.15, 0.2) is 0 Å². The molecule has 1 aromatic heterocycles. The highest BCUT2D eigenvalue weighted by Gasteiger charge is 2.72. The number of fused-ring (bicyclic) bond motifs is 3. The Morgan fingerprint density at radius 3 is 2.51 bits per heavy atom. The largest absolute Gasteiger partial charge is 0.393 e. The van der Waals surface area contributed by atoms with Gasteiger partial charge in [-0.1, -0.05) is 48.5 Å². The lowest BCUT2D eigenvalue weighted by Crippen LogP contribution is -2.60. The number of carbonyl (C=O) groups excluding carboxylic acids is 2. The van der Waals surface area contributed by atoms with Crippen LogP contribution in [0.5, 0.6) is 0 Å². The first kappa shape index (κ1) is 25.1. The Morgan fingerprint density at radius 1 is 1.03 bits per heavy atom. The van der Waals surface area contributed by atoms with Crippen molar-refractivity contribution in [2.24, 2.45) is 0 Å². The van der Waals surface area contributed by atoms with Crippen LogP contribution in [0, 0.1) is 0 Å². The van der Waals surface area contributed by atoms with Gasteiger partial charge in [0.2, 0.25) is 11.8 Å². The molecule has 4 aliphatic rings. The Hall–Kier alpha value is -2.19. The molecule has 2 aliphatic carbocycles. The average molecular weight is 543 g/mol. The zero-order valence-electron chi connectivity index (χ0n) is 20.6. The summed E-state index contributed by atoms with van der Waals surface area (Å²) in [7, 11) is 0. The van der Waals surface area contributed by atoms with Gasteiger partial charge in [-0.15, -0.1) is 0 Å². The number of carbonyl (C=O) groups is 2. The molecule has 2 amide bonds. The van der Waals surface area contributed by atoms with Crippen LogP contribution in [-0.4, -0.2) is 45.6 Å². The van der Waals surface area contributed by atoms with E-state index in [4.69, 9.17) is 23.2 Å². The number of nitrogens with zero attached hydrogens (tertiary/aromatic N) is 1. The second kappa shape index (κ2) is 9.53. The number of halogens is 2. The van der Waals surface area contributed by atoms with Crippen LogP contribution < -0.4 is 16.0 Å². The van der Waals surface area contributed by atoms with E-state index in [1.165, 1.54) is 0 Å². The normalized spacial score (nSPS) is 32.4. The molecule has 7 nitrogen and oxygen atoms in total. The number of nitrogens with one attached hydrogen (secondary N) is 3. The summed E-state index contributed by atoms with van der Waals surface area (Å²) < 4.78 is 0. The molecule has 9 heteroatoms. The standard InChI is InChI=1S/C28H32Cl2N4O3/c29-17-4-9-21-22(13-17)33-26(37)28(21)23(16-12-18(30)15-31-14-16)24(34-27(28)10-2-1-3-11-27)25(36)32-19-5-7-20(35)8-6-19/h4,9,12-15,19-20,23-24,34-35H,1-3,5-8,10-11H2,(H,32,36)(H,33,37)/t19?,20?,23-,24+,28+/m0/s1. The third kappa shape index (κ3) is 3.97. The van der Waals surface area contributed by atoms with Gasteiger partial charge in [-0.25, -0.2) is 0 Å². The van der Waals surface area contributed by atoms with Gasteiger partial charge in [0.25, 0.3) is 0 Å². The smallest absolute Gasteiger partial charge is 0.238 e. The van der Waals surface area contributed by atoms with Crippen LogP contribution in [0.1, 0.15) is 74.8 Å².